The van der Waals surface area contributed by atoms with E-state index in [4.69, 9.17) is 0 Å². The van der Waals surface area contributed by atoms with Crippen LogP contribution in [-0.4, -0.2) is 11.9 Å². The number of hydrogen-bond donors (Lipinski definition) is 2. The molecule has 1 aromatic carbocycles. The van der Waals surface area contributed by atoms with Crippen LogP contribution in [0.15, 0.2) is 27.6 Å². The van der Waals surface area contributed by atoms with Gasteiger partial charge in [-0.15, -0.1) is 12.6 Å². The van der Waals surface area contributed by atoms with Gasteiger partial charge < -0.3 is 5.32 Å². The Morgan fingerprint density at radius 2 is 2.29 bits per heavy atom. The number of benzene rings is 1. The third-order valence-electron chi connectivity index (χ3n) is 2.96. The minimum atomic E-state index is -0.0269. The lowest BCUT2D eigenvalue weighted by molar-refractivity contribution is 0.0936. The van der Waals surface area contributed by atoms with E-state index in [1.807, 2.05) is 12.1 Å². The van der Waals surface area contributed by atoms with Crippen LogP contribution < -0.4 is 5.32 Å². The van der Waals surface area contributed by atoms with Gasteiger partial charge in [-0.05, 0) is 53.4 Å². The van der Waals surface area contributed by atoms with Crippen molar-refractivity contribution in [3.8, 4) is 0 Å². The first kappa shape index (κ1) is 13.0. The maximum absolute atomic E-state index is 12.1. The van der Waals surface area contributed by atoms with E-state index in [1.165, 1.54) is 12.8 Å². The number of halogens is 1. The maximum Gasteiger partial charge on any atom is 0.252 e. The summed E-state index contributed by atoms with van der Waals surface area (Å²) in [4.78, 5) is 12.9. The number of nitrogens with one attached hydrogen (secondary N) is 1. The van der Waals surface area contributed by atoms with E-state index in [1.54, 1.807) is 6.07 Å². The van der Waals surface area contributed by atoms with Crippen LogP contribution in [0.5, 0.6) is 0 Å². The molecule has 1 aliphatic carbocycles. The molecular weight excluding hydrogens is 298 g/mol. The van der Waals surface area contributed by atoms with Crippen molar-refractivity contribution in [2.45, 2.75) is 37.1 Å². The molecule has 0 heterocycles. The summed E-state index contributed by atoms with van der Waals surface area (Å²) in [6.07, 6.45) is 3.72. The van der Waals surface area contributed by atoms with Crippen LogP contribution in [0.25, 0.3) is 0 Å². The summed E-state index contributed by atoms with van der Waals surface area (Å²) in [6, 6.07) is 5.73. The zero-order chi connectivity index (χ0) is 12.4. The number of carbonyl (C=O) groups is 1. The number of carbonyl (C=O) groups excluding carboxylic acids is 1. The minimum absolute atomic E-state index is 0.0269. The normalized spacial score (nSPS) is 16.6. The Kier molecular flexibility index (Phi) is 4.15. The van der Waals surface area contributed by atoms with Gasteiger partial charge >= 0.3 is 0 Å². The zero-order valence-corrected chi connectivity index (χ0v) is 12.2. The smallest absolute Gasteiger partial charge is 0.252 e. The van der Waals surface area contributed by atoms with Gasteiger partial charge in [0.25, 0.3) is 5.91 Å². The summed E-state index contributed by atoms with van der Waals surface area (Å²) in [5, 5.41) is 3.03. The molecule has 1 aliphatic rings. The highest BCUT2D eigenvalue weighted by atomic mass is 79.9. The fourth-order valence-electron chi connectivity index (χ4n) is 1.90. The SMILES string of the molecule is CC(CC1CC1)NC(=O)c1cc(S)ccc1Br. The third-order valence-corrected chi connectivity index (χ3v) is 3.93. The maximum atomic E-state index is 12.1. The highest BCUT2D eigenvalue weighted by Crippen LogP contribution is 2.33. The first-order chi connectivity index (χ1) is 8.06. The Labute approximate surface area is 116 Å². The predicted octanol–water partition coefficient (Wildman–Crippen LogP) is 3.66. The Bertz CT molecular complexity index is 431. The van der Waals surface area contributed by atoms with Gasteiger partial charge in [0.05, 0.1) is 5.56 Å². The summed E-state index contributed by atoms with van der Waals surface area (Å²) < 4.78 is 0.812. The molecule has 0 aliphatic heterocycles. The Morgan fingerprint density at radius 1 is 1.59 bits per heavy atom. The molecule has 0 radical (unpaired) electrons. The van der Waals surface area contributed by atoms with Crippen molar-refractivity contribution in [2.24, 2.45) is 5.92 Å². The molecule has 0 spiro atoms. The molecule has 1 aromatic rings. The molecule has 1 saturated carbocycles. The average Bonchev–Trinajstić information content (AvgIpc) is 3.05. The van der Waals surface area contributed by atoms with Gasteiger partial charge in [0.2, 0.25) is 0 Å². The Balaban J connectivity index is 2.00. The molecule has 1 fully saturated rings. The summed E-state index contributed by atoms with van der Waals surface area (Å²) in [5.74, 6) is 0.797. The van der Waals surface area contributed by atoms with Gasteiger partial charge in [0.15, 0.2) is 0 Å². The summed E-state index contributed by atoms with van der Waals surface area (Å²) >= 11 is 7.64. The van der Waals surface area contributed by atoms with Gasteiger partial charge in [-0.2, -0.15) is 0 Å². The van der Waals surface area contributed by atoms with E-state index < -0.39 is 0 Å². The highest BCUT2D eigenvalue weighted by molar-refractivity contribution is 9.10. The van der Waals surface area contributed by atoms with Crippen molar-refractivity contribution >= 4 is 34.5 Å². The molecule has 92 valence electrons. The van der Waals surface area contributed by atoms with E-state index in [0.29, 0.717) is 5.56 Å². The van der Waals surface area contributed by atoms with Crippen molar-refractivity contribution in [3.05, 3.63) is 28.2 Å². The zero-order valence-electron chi connectivity index (χ0n) is 9.74. The van der Waals surface area contributed by atoms with Gasteiger partial charge in [-0.3, -0.25) is 4.79 Å². The lowest BCUT2D eigenvalue weighted by Gasteiger charge is -2.14. The average molecular weight is 314 g/mol. The molecule has 0 saturated heterocycles. The van der Waals surface area contributed by atoms with E-state index in [2.05, 4.69) is 40.8 Å². The fraction of sp³-hybridized carbons (Fsp3) is 0.462. The quantitative estimate of drug-likeness (QED) is 0.816. The van der Waals surface area contributed by atoms with Crippen LogP contribution in [0, 0.1) is 5.92 Å². The van der Waals surface area contributed by atoms with E-state index >= 15 is 0 Å². The number of rotatable bonds is 4. The molecule has 0 bridgehead atoms. The lowest BCUT2D eigenvalue weighted by atomic mass is 10.1. The van der Waals surface area contributed by atoms with Crippen LogP contribution >= 0.6 is 28.6 Å². The van der Waals surface area contributed by atoms with Gasteiger partial charge in [0, 0.05) is 15.4 Å². The monoisotopic (exact) mass is 313 g/mol. The van der Waals surface area contributed by atoms with Gasteiger partial charge in [-0.1, -0.05) is 12.8 Å². The molecule has 4 heteroatoms. The lowest BCUT2D eigenvalue weighted by Crippen LogP contribution is -2.33. The van der Waals surface area contributed by atoms with Crippen LogP contribution in [0.4, 0.5) is 0 Å². The fourth-order valence-corrected chi connectivity index (χ4v) is 2.53. The number of amides is 1. The molecule has 2 rings (SSSR count). The first-order valence-corrected chi connectivity index (χ1v) is 7.09. The topological polar surface area (TPSA) is 29.1 Å². The Morgan fingerprint density at radius 3 is 2.94 bits per heavy atom. The number of hydrogen-bond acceptors (Lipinski definition) is 2. The predicted molar refractivity (Wildman–Crippen MR) is 75.7 cm³/mol. The highest BCUT2D eigenvalue weighted by Gasteiger charge is 2.24. The Hall–Kier alpha value is -0.480. The standard InChI is InChI=1S/C13H16BrNOS/c1-8(6-9-2-3-9)15-13(16)11-7-10(17)4-5-12(11)14/h4-5,7-9,17H,2-3,6H2,1H3,(H,15,16). The van der Waals surface area contributed by atoms with Crippen molar-refractivity contribution in [1.29, 1.82) is 0 Å². The third kappa shape index (κ3) is 3.75. The van der Waals surface area contributed by atoms with Crippen molar-refractivity contribution < 1.29 is 4.79 Å². The second-order valence-corrected chi connectivity index (χ2v) is 6.09. The van der Waals surface area contributed by atoms with E-state index in [9.17, 15) is 4.79 Å². The molecule has 1 amide bonds. The summed E-state index contributed by atoms with van der Waals surface area (Å²) in [5.41, 5.74) is 0.653. The van der Waals surface area contributed by atoms with Gasteiger partial charge in [-0.25, -0.2) is 0 Å². The molecule has 1 N–H and O–H groups in total. The second-order valence-electron chi connectivity index (χ2n) is 4.72. The van der Waals surface area contributed by atoms with Crippen molar-refractivity contribution in [1.82, 2.24) is 5.32 Å². The molecule has 0 aromatic heterocycles. The van der Waals surface area contributed by atoms with Crippen LogP contribution in [0.1, 0.15) is 36.5 Å². The number of thiol groups is 1. The largest absolute Gasteiger partial charge is 0.350 e. The van der Waals surface area contributed by atoms with Crippen LogP contribution in [-0.2, 0) is 0 Å². The molecule has 1 atom stereocenters. The van der Waals surface area contributed by atoms with E-state index in [0.717, 1.165) is 21.7 Å². The summed E-state index contributed by atoms with van der Waals surface area (Å²) in [6.45, 7) is 2.06. The molecule has 1 unspecified atom stereocenters. The van der Waals surface area contributed by atoms with Crippen molar-refractivity contribution in [2.75, 3.05) is 0 Å². The van der Waals surface area contributed by atoms with E-state index in [-0.39, 0.29) is 11.9 Å². The van der Waals surface area contributed by atoms with Crippen LogP contribution in [0.2, 0.25) is 0 Å². The first-order valence-electron chi connectivity index (χ1n) is 5.85. The molecular formula is C13H16BrNOS. The van der Waals surface area contributed by atoms with Gasteiger partial charge in [0.1, 0.15) is 0 Å². The second kappa shape index (κ2) is 5.44. The minimum Gasteiger partial charge on any atom is -0.350 e. The summed E-state index contributed by atoms with van der Waals surface area (Å²) in [7, 11) is 0. The molecule has 17 heavy (non-hydrogen) atoms. The van der Waals surface area contributed by atoms with Crippen LogP contribution in [0.3, 0.4) is 0 Å². The molecule has 2 nitrogen and oxygen atoms in total. The van der Waals surface area contributed by atoms with Crippen molar-refractivity contribution in [3.63, 3.8) is 0 Å².